The maximum Gasteiger partial charge on any atom is 0.477 e. The minimum Gasteiger partial charge on any atom is -0.506 e. The van der Waals surface area contributed by atoms with E-state index in [9.17, 15) is 5.11 Å². The molecule has 0 fully saturated rings. The summed E-state index contributed by atoms with van der Waals surface area (Å²) in [4.78, 5) is 8.41. The van der Waals surface area contributed by atoms with Crippen LogP contribution in [0.5, 0.6) is 5.75 Å². The molecule has 0 saturated carbocycles. The van der Waals surface area contributed by atoms with Crippen LogP contribution in [-0.4, -0.2) is 21.0 Å². The third kappa shape index (κ3) is 5.69. The van der Waals surface area contributed by atoms with Crippen molar-refractivity contribution in [2.45, 2.75) is 6.61 Å². The zero-order valence-electron chi connectivity index (χ0n) is 14.6. The topological polar surface area (TPSA) is 101 Å². The van der Waals surface area contributed by atoms with Gasteiger partial charge in [0.2, 0.25) is 0 Å². The van der Waals surface area contributed by atoms with Crippen LogP contribution in [0.2, 0.25) is 0 Å². The number of hydrogen-bond donors (Lipinski definition) is 2. The van der Waals surface area contributed by atoms with Crippen molar-refractivity contribution in [2.75, 3.05) is 0 Å². The van der Waals surface area contributed by atoms with Crippen LogP contribution in [-0.2, 0) is 28.6 Å². The number of para-hydroxylation sites is 1. The molecule has 0 heterocycles. The van der Waals surface area contributed by atoms with E-state index in [0.717, 1.165) is 5.56 Å². The Labute approximate surface area is 172 Å². The standard InChI is InChI=1S/C20H16N4O3.Cu/c25-19-13-7-6-12-18(19)22-24-20(15-8-2-1-3-9-15)23-21-17-11-5-4-10-16(17)14-27-26;/h1-13,26H,14H2;/p+1. The van der Waals surface area contributed by atoms with E-state index < -0.39 is 0 Å². The van der Waals surface area contributed by atoms with Crippen molar-refractivity contribution in [3.8, 4) is 5.75 Å². The SMILES string of the molecule is OOCc1ccccc1N=[N+]=C(N=Nc1ccccc1O)c1ccccc1.[Cu]. The molecule has 0 aromatic heterocycles. The molecule has 28 heavy (non-hydrogen) atoms. The van der Waals surface area contributed by atoms with Gasteiger partial charge in [0.05, 0.1) is 5.56 Å². The fourth-order valence-electron chi connectivity index (χ4n) is 2.27. The van der Waals surface area contributed by atoms with Crippen LogP contribution in [0.25, 0.3) is 0 Å². The Balaban J connectivity index is 0.00000280. The molecule has 8 heteroatoms. The molecule has 0 aliphatic heterocycles. The number of aromatic hydroxyl groups is 1. The molecular weight excluding hydrogens is 408 g/mol. The molecule has 2 N–H and O–H groups in total. The van der Waals surface area contributed by atoms with E-state index in [4.69, 9.17) is 5.26 Å². The summed E-state index contributed by atoms with van der Waals surface area (Å²) in [6.45, 7) is -0.00469. The summed E-state index contributed by atoms with van der Waals surface area (Å²) in [5, 5.41) is 31.0. The maximum atomic E-state index is 9.84. The van der Waals surface area contributed by atoms with Crippen molar-refractivity contribution in [3.05, 3.63) is 90.0 Å². The van der Waals surface area contributed by atoms with Crippen molar-refractivity contribution in [3.63, 3.8) is 0 Å². The molecule has 3 aromatic carbocycles. The molecule has 0 atom stereocenters. The minimum absolute atomic E-state index is 0. The first-order chi connectivity index (χ1) is 13.3. The van der Waals surface area contributed by atoms with E-state index in [1.165, 1.54) is 6.07 Å². The van der Waals surface area contributed by atoms with Gasteiger partial charge in [-0.15, -0.1) is 0 Å². The quantitative estimate of drug-likeness (QED) is 0.116. The zero-order valence-corrected chi connectivity index (χ0v) is 15.5. The molecule has 0 amide bonds. The molecule has 3 rings (SSSR count). The fraction of sp³-hybridized carbons (Fsp3) is 0.0500. The monoisotopic (exact) mass is 424 g/mol. The minimum atomic E-state index is -0.00469. The first-order valence-corrected chi connectivity index (χ1v) is 8.16. The van der Waals surface area contributed by atoms with Gasteiger partial charge in [-0.25, -0.2) is 4.89 Å². The Hall–Kier alpha value is -3.12. The van der Waals surface area contributed by atoms with Gasteiger partial charge >= 0.3 is 5.84 Å². The second-order valence-electron chi connectivity index (χ2n) is 5.48. The average Bonchev–Trinajstić information content (AvgIpc) is 2.71. The summed E-state index contributed by atoms with van der Waals surface area (Å²) in [6, 6.07) is 23.0. The molecule has 0 bridgehead atoms. The molecule has 0 aliphatic rings. The number of phenolic OH excluding ortho intramolecular Hbond substituents is 1. The van der Waals surface area contributed by atoms with Gasteiger partial charge in [0.25, 0.3) is 0 Å². The molecule has 0 unspecified atom stereocenters. The zero-order chi connectivity index (χ0) is 18.9. The number of azo groups is 1. The average molecular weight is 425 g/mol. The smallest absolute Gasteiger partial charge is 0.477 e. The molecule has 3 aromatic rings. The van der Waals surface area contributed by atoms with Crippen LogP contribution in [0.4, 0.5) is 11.4 Å². The molecule has 145 valence electrons. The molecule has 7 nitrogen and oxygen atoms in total. The molecular formula is C20H17CuN4O3+. The predicted molar refractivity (Wildman–Crippen MR) is 99.4 cm³/mol. The Kier molecular flexibility index (Phi) is 8.24. The number of rotatable bonds is 5. The number of benzene rings is 3. The summed E-state index contributed by atoms with van der Waals surface area (Å²) in [7, 11) is 0. The van der Waals surface area contributed by atoms with Crippen molar-refractivity contribution < 1.29 is 37.1 Å². The van der Waals surface area contributed by atoms with Gasteiger partial charge in [0.1, 0.15) is 23.2 Å². The van der Waals surface area contributed by atoms with Crippen LogP contribution in [0.1, 0.15) is 11.1 Å². The van der Waals surface area contributed by atoms with Crippen molar-refractivity contribution in [2.24, 2.45) is 15.3 Å². The summed E-state index contributed by atoms with van der Waals surface area (Å²) < 4.78 is 0. The van der Waals surface area contributed by atoms with Gasteiger partial charge in [-0.05, 0) is 35.4 Å². The van der Waals surface area contributed by atoms with E-state index in [0.29, 0.717) is 16.9 Å². The fourth-order valence-corrected chi connectivity index (χ4v) is 2.27. The number of amidine groups is 1. The van der Waals surface area contributed by atoms with E-state index in [-0.39, 0.29) is 35.3 Å². The van der Waals surface area contributed by atoms with E-state index in [1.807, 2.05) is 36.4 Å². The Morgan fingerprint density at radius 2 is 1.50 bits per heavy atom. The third-order valence-electron chi connectivity index (χ3n) is 3.63. The molecule has 0 spiro atoms. The second-order valence-corrected chi connectivity index (χ2v) is 5.48. The van der Waals surface area contributed by atoms with E-state index >= 15 is 0 Å². The molecule has 1 radical (unpaired) electrons. The molecule has 0 aliphatic carbocycles. The Bertz CT molecular complexity index is 1000. The van der Waals surface area contributed by atoms with Crippen molar-refractivity contribution in [1.82, 2.24) is 0 Å². The first-order valence-electron chi connectivity index (χ1n) is 8.16. The predicted octanol–water partition coefficient (Wildman–Crippen LogP) is 4.90. The van der Waals surface area contributed by atoms with Gasteiger partial charge < -0.3 is 5.11 Å². The summed E-state index contributed by atoms with van der Waals surface area (Å²) in [6.07, 6.45) is 0. The van der Waals surface area contributed by atoms with Crippen LogP contribution < -0.4 is 0 Å². The number of nitrogens with zero attached hydrogens (tertiary/aromatic N) is 4. The summed E-state index contributed by atoms with van der Waals surface area (Å²) in [5.74, 6) is 0.301. The largest absolute Gasteiger partial charge is 0.506 e. The van der Waals surface area contributed by atoms with Crippen molar-refractivity contribution >= 4 is 17.2 Å². The van der Waals surface area contributed by atoms with Gasteiger partial charge in [-0.1, -0.05) is 53.3 Å². The Morgan fingerprint density at radius 3 is 2.21 bits per heavy atom. The van der Waals surface area contributed by atoms with Crippen LogP contribution in [0.15, 0.2) is 94.2 Å². The van der Waals surface area contributed by atoms with E-state index in [2.05, 4.69) is 25.0 Å². The van der Waals surface area contributed by atoms with Crippen LogP contribution in [0, 0.1) is 0 Å². The van der Waals surface area contributed by atoms with Crippen molar-refractivity contribution in [1.29, 1.82) is 0 Å². The second kappa shape index (κ2) is 10.9. The summed E-state index contributed by atoms with van der Waals surface area (Å²) >= 11 is 0. The number of hydrogen-bond acceptors (Lipinski definition) is 5. The van der Waals surface area contributed by atoms with E-state index in [1.54, 1.807) is 36.4 Å². The van der Waals surface area contributed by atoms with Gasteiger partial charge in [0, 0.05) is 27.7 Å². The normalized spacial score (nSPS) is 10.2. The van der Waals surface area contributed by atoms with Crippen LogP contribution in [0.3, 0.4) is 0 Å². The first kappa shape index (κ1) is 21.2. The van der Waals surface area contributed by atoms with Gasteiger partial charge in [-0.2, -0.15) is 0 Å². The van der Waals surface area contributed by atoms with Gasteiger partial charge in [-0.3, -0.25) is 5.26 Å². The maximum absolute atomic E-state index is 9.84. The third-order valence-corrected chi connectivity index (χ3v) is 3.63. The molecule has 0 saturated heterocycles. The van der Waals surface area contributed by atoms with Gasteiger partial charge in [0.15, 0.2) is 5.69 Å². The summed E-state index contributed by atoms with van der Waals surface area (Å²) in [5.41, 5.74) is 2.26. The number of phenols is 1. The van der Waals surface area contributed by atoms with Crippen LogP contribution >= 0.6 is 0 Å². The Morgan fingerprint density at radius 1 is 0.857 bits per heavy atom.